The predicted molar refractivity (Wildman–Crippen MR) is 71.0 cm³/mol. The van der Waals surface area contributed by atoms with Crippen molar-refractivity contribution >= 4 is 5.82 Å². The molecule has 0 radical (unpaired) electrons. The molecule has 0 aliphatic heterocycles. The first-order chi connectivity index (χ1) is 9.97. The Balaban J connectivity index is 2.16. The first-order valence-corrected chi connectivity index (χ1v) is 5.97. The van der Waals surface area contributed by atoms with Crippen molar-refractivity contribution in [2.45, 2.75) is 6.18 Å². The lowest BCUT2D eigenvalue weighted by molar-refractivity contribution is -0.137. The van der Waals surface area contributed by atoms with Gasteiger partial charge in [-0.3, -0.25) is 10.2 Å². The number of nitrogen functional groups attached to an aromatic ring is 1. The molecule has 0 aliphatic rings. The van der Waals surface area contributed by atoms with E-state index in [1.807, 2.05) is 0 Å². The summed E-state index contributed by atoms with van der Waals surface area (Å²) in [6, 6.07) is 4.95. The molecular formula is C13H10F3N5. The van der Waals surface area contributed by atoms with Crippen molar-refractivity contribution in [3.05, 3.63) is 42.2 Å². The van der Waals surface area contributed by atoms with E-state index in [2.05, 4.69) is 20.4 Å². The van der Waals surface area contributed by atoms with E-state index in [4.69, 9.17) is 5.73 Å². The zero-order valence-corrected chi connectivity index (χ0v) is 10.6. The Bertz CT molecular complexity index is 758. The third-order valence-electron chi connectivity index (χ3n) is 3.06. The van der Waals surface area contributed by atoms with Crippen molar-refractivity contribution in [3.8, 4) is 22.4 Å². The Kier molecular flexibility index (Phi) is 2.93. The molecular weight excluding hydrogens is 283 g/mol. The van der Waals surface area contributed by atoms with Gasteiger partial charge in [-0.2, -0.15) is 23.4 Å². The number of rotatable bonds is 2. The SMILES string of the molecule is Nc1n[nH]c(-c2cn[nH]c2)c1-c1cccc(C(F)(F)F)c1. The van der Waals surface area contributed by atoms with E-state index >= 15 is 0 Å². The molecule has 3 aromatic rings. The highest BCUT2D eigenvalue weighted by molar-refractivity contribution is 5.87. The van der Waals surface area contributed by atoms with E-state index in [9.17, 15) is 13.2 Å². The molecule has 0 bridgehead atoms. The van der Waals surface area contributed by atoms with Crippen molar-refractivity contribution in [1.29, 1.82) is 0 Å². The number of nitrogens with one attached hydrogen (secondary N) is 2. The predicted octanol–water partition coefficient (Wildman–Crippen LogP) is 3.07. The highest BCUT2D eigenvalue weighted by Crippen LogP contribution is 2.37. The first-order valence-electron chi connectivity index (χ1n) is 5.97. The average molecular weight is 293 g/mol. The van der Waals surface area contributed by atoms with Crippen molar-refractivity contribution < 1.29 is 13.2 Å². The summed E-state index contributed by atoms with van der Waals surface area (Å²) >= 11 is 0. The van der Waals surface area contributed by atoms with Crippen molar-refractivity contribution in [2.75, 3.05) is 5.73 Å². The zero-order valence-electron chi connectivity index (χ0n) is 10.6. The van der Waals surface area contributed by atoms with Gasteiger partial charge in [-0.05, 0) is 17.7 Å². The van der Waals surface area contributed by atoms with Gasteiger partial charge in [-0.1, -0.05) is 12.1 Å². The number of aromatic nitrogens is 4. The van der Waals surface area contributed by atoms with Crippen LogP contribution in [-0.2, 0) is 6.18 Å². The van der Waals surface area contributed by atoms with Gasteiger partial charge in [-0.15, -0.1) is 0 Å². The molecule has 1 aromatic carbocycles. The second-order valence-electron chi connectivity index (χ2n) is 4.42. The Morgan fingerprint density at radius 1 is 1.14 bits per heavy atom. The number of hydrogen-bond acceptors (Lipinski definition) is 3. The van der Waals surface area contributed by atoms with Crippen molar-refractivity contribution in [3.63, 3.8) is 0 Å². The maximum atomic E-state index is 12.8. The minimum Gasteiger partial charge on any atom is -0.382 e. The molecule has 3 rings (SSSR count). The lowest BCUT2D eigenvalue weighted by Gasteiger charge is -2.09. The fourth-order valence-electron chi connectivity index (χ4n) is 2.10. The van der Waals surface area contributed by atoms with Crippen LogP contribution >= 0.6 is 0 Å². The van der Waals surface area contributed by atoms with Crippen molar-refractivity contribution in [1.82, 2.24) is 20.4 Å². The molecule has 0 atom stereocenters. The van der Waals surface area contributed by atoms with Crippen LogP contribution in [0.2, 0.25) is 0 Å². The second-order valence-corrected chi connectivity index (χ2v) is 4.42. The van der Waals surface area contributed by atoms with Gasteiger partial charge in [0.05, 0.1) is 23.0 Å². The molecule has 108 valence electrons. The summed E-state index contributed by atoms with van der Waals surface area (Å²) in [5.74, 6) is 0.130. The lowest BCUT2D eigenvalue weighted by atomic mass is 10.0. The molecule has 0 spiro atoms. The second kappa shape index (κ2) is 4.65. The first kappa shape index (κ1) is 13.2. The van der Waals surface area contributed by atoms with Gasteiger partial charge < -0.3 is 5.73 Å². The number of anilines is 1. The molecule has 2 aromatic heterocycles. The van der Waals surface area contributed by atoms with E-state index in [1.165, 1.54) is 12.3 Å². The Morgan fingerprint density at radius 2 is 1.95 bits per heavy atom. The number of benzene rings is 1. The summed E-state index contributed by atoms with van der Waals surface area (Å²) in [5, 5.41) is 13.0. The number of alkyl halides is 3. The highest BCUT2D eigenvalue weighted by Gasteiger charge is 2.31. The molecule has 0 aliphatic carbocycles. The van der Waals surface area contributed by atoms with E-state index in [1.54, 1.807) is 12.3 Å². The number of aromatic amines is 2. The van der Waals surface area contributed by atoms with Crippen LogP contribution in [0.5, 0.6) is 0 Å². The summed E-state index contributed by atoms with van der Waals surface area (Å²) in [5.41, 5.74) is 6.98. The average Bonchev–Trinajstić information content (AvgIpc) is 3.06. The molecule has 0 fully saturated rings. The standard InChI is InChI=1S/C13H10F3N5/c14-13(15,16)9-3-1-2-7(4-9)10-11(20-21-12(10)17)8-5-18-19-6-8/h1-6H,(H,18,19)(H3,17,20,21). The Labute approximate surface area is 117 Å². The maximum Gasteiger partial charge on any atom is 0.416 e. The molecule has 8 heteroatoms. The monoisotopic (exact) mass is 293 g/mol. The van der Waals surface area contributed by atoms with Gasteiger partial charge in [0.2, 0.25) is 0 Å². The van der Waals surface area contributed by atoms with Crippen LogP contribution < -0.4 is 5.73 Å². The van der Waals surface area contributed by atoms with Gasteiger partial charge in [0, 0.05) is 11.8 Å². The largest absolute Gasteiger partial charge is 0.416 e. The molecule has 2 heterocycles. The van der Waals surface area contributed by atoms with Gasteiger partial charge in [0.15, 0.2) is 5.82 Å². The number of nitrogens with zero attached hydrogens (tertiary/aromatic N) is 2. The molecule has 21 heavy (non-hydrogen) atoms. The Morgan fingerprint density at radius 3 is 2.62 bits per heavy atom. The van der Waals surface area contributed by atoms with Gasteiger partial charge >= 0.3 is 6.18 Å². The highest BCUT2D eigenvalue weighted by atomic mass is 19.4. The number of halogens is 3. The minimum absolute atomic E-state index is 0.130. The summed E-state index contributed by atoms with van der Waals surface area (Å²) in [7, 11) is 0. The smallest absolute Gasteiger partial charge is 0.382 e. The number of H-pyrrole nitrogens is 2. The van der Waals surface area contributed by atoms with Gasteiger partial charge in [-0.25, -0.2) is 0 Å². The van der Waals surface area contributed by atoms with E-state index in [0.29, 0.717) is 22.4 Å². The molecule has 0 saturated carbocycles. The third-order valence-corrected chi connectivity index (χ3v) is 3.06. The molecule has 5 nitrogen and oxygen atoms in total. The van der Waals surface area contributed by atoms with Crippen LogP contribution in [0.25, 0.3) is 22.4 Å². The van der Waals surface area contributed by atoms with E-state index in [-0.39, 0.29) is 5.82 Å². The normalized spacial score (nSPS) is 11.8. The summed E-state index contributed by atoms with van der Waals surface area (Å²) < 4.78 is 38.4. The summed E-state index contributed by atoms with van der Waals surface area (Å²) in [4.78, 5) is 0. The van der Waals surface area contributed by atoms with Gasteiger partial charge in [0.25, 0.3) is 0 Å². The molecule has 4 N–H and O–H groups in total. The van der Waals surface area contributed by atoms with Crippen LogP contribution in [0, 0.1) is 0 Å². The number of hydrogen-bond donors (Lipinski definition) is 3. The van der Waals surface area contributed by atoms with E-state index < -0.39 is 11.7 Å². The van der Waals surface area contributed by atoms with E-state index in [0.717, 1.165) is 12.1 Å². The molecule has 0 saturated heterocycles. The molecule has 0 amide bonds. The van der Waals surface area contributed by atoms with Crippen LogP contribution in [0.4, 0.5) is 19.0 Å². The quantitative estimate of drug-likeness (QED) is 0.679. The fourth-order valence-corrected chi connectivity index (χ4v) is 2.10. The number of nitrogens with two attached hydrogens (primary N) is 1. The zero-order chi connectivity index (χ0) is 15.0. The topological polar surface area (TPSA) is 83.4 Å². The fraction of sp³-hybridized carbons (Fsp3) is 0.0769. The minimum atomic E-state index is -4.41. The van der Waals surface area contributed by atoms with Crippen LogP contribution in [0.3, 0.4) is 0 Å². The van der Waals surface area contributed by atoms with Crippen molar-refractivity contribution in [2.24, 2.45) is 0 Å². The van der Waals surface area contributed by atoms with Gasteiger partial charge in [0.1, 0.15) is 0 Å². The molecule has 0 unspecified atom stereocenters. The lowest BCUT2D eigenvalue weighted by Crippen LogP contribution is -2.04. The Hall–Kier alpha value is -2.77. The van der Waals surface area contributed by atoms with Crippen LogP contribution in [0.1, 0.15) is 5.56 Å². The summed E-state index contributed by atoms with van der Waals surface area (Å²) in [6.45, 7) is 0. The third kappa shape index (κ3) is 2.35. The maximum absolute atomic E-state index is 12.8. The van der Waals surface area contributed by atoms with Crippen LogP contribution in [0.15, 0.2) is 36.7 Å². The summed E-state index contributed by atoms with van der Waals surface area (Å²) in [6.07, 6.45) is -1.28. The van der Waals surface area contributed by atoms with Crippen LogP contribution in [-0.4, -0.2) is 20.4 Å².